The van der Waals surface area contributed by atoms with Crippen LogP contribution in [-0.2, 0) is 16.0 Å². The van der Waals surface area contributed by atoms with Gasteiger partial charge in [-0.1, -0.05) is 80.6 Å². The number of rotatable bonds is 10. The Labute approximate surface area is 213 Å². The molecule has 3 aromatic rings. The summed E-state index contributed by atoms with van der Waals surface area (Å²) in [7, 11) is 1.61. The Morgan fingerprint density at radius 3 is 2.53 bits per heavy atom. The van der Waals surface area contributed by atoms with Crippen LogP contribution in [0, 0.1) is 11.8 Å². The number of pyridine rings is 1. The fraction of sp³-hybridized carbons (Fsp3) is 0.433. The standard InChI is InChI=1S/C30H36N2O4/c1-31-29(34)24(16-21-10-4-2-5-11-21)19-27(33)28(17-22-12-6-3-7-13-22)36-30(35)25-18-23-14-8-9-15-26(23)32-20-25/h2,4-5,8-11,14-15,18,20,22,24,27-28,33H,3,6-7,12-13,16-17,19H2,1H3,(H,31,34)/t24-,27+,28+/m1/s1. The number of hydrogen-bond acceptors (Lipinski definition) is 5. The molecule has 2 aromatic carbocycles. The van der Waals surface area contributed by atoms with Crippen LogP contribution in [0.2, 0.25) is 0 Å². The van der Waals surface area contributed by atoms with Crippen molar-refractivity contribution in [2.24, 2.45) is 11.8 Å². The van der Waals surface area contributed by atoms with Gasteiger partial charge < -0.3 is 15.2 Å². The number of carbonyl (C=O) groups is 2. The third-order valence-corrected chi connectivity index (χ3v) is 7.27. The number of nitrogens with one attached hydrogen (secondary N) is 1. The molecule has 190 valence electrons. The number of fused-ring (bicyclic) bond motifs is 1. The molecular weight excluding hydrogens is 452 g/mol. The quantitative estimate of drug-likeness (QED) is 0.388. The molecule has 1 amide bonds. The maximum absolute atomic E-state index is 13.2. The average Bonchev–Trinajstić information content (AvgIpc) is 2.92. The summed E-state index contributed by atoms with van der Waals surface area (Å²) in [5.41, 5.74) is 2.20. The number of para-hydroxylation sites is 1. The van der Waals surface area contributed by atoms with Crippen LogP contribution in [0.15, 0.2) is 66.9 Å². The molecular formula is C30H36N2O4. The molecule has 0 radical (unpaired) electrons. The van der Waals surface area contributed by atoms with E-state index in [9.17, 15) is 14.7 Å². The van der Waals surface area contributed by atoms with Crippen molar-refractivity contribution in [2.75, 3.05) is 7.05 Å². The molecule has 1 aromatic heterocycles. The van der Waals surface area contributed by atoms with Crippen molar-refractivity contribution < 1.29 is 19.4 Å². The highest BCUT2D eigenvalue weighted by molar-refractivity contribution is 5.93. The van der Waals surface area contributed by atoms with Gasteiger partial charge in [-0.3, -0.25) is 9.78 Å². The molecule has 6 nitrogen and oxygen atoms in total. The summed E-state index contributed by atoms with van der Waals surface area (Å²) in [6, 6.07) is 19.2. The molecule has 4 rings (SSSR count). The Hall–Kier alpha value is -3.25. The number of nitrogens with zero attached hydrogens (tertiary/aromatic N) is 1. The van der Waals surface area contributed by atoms with Crippen LogP contribution in [-0.4, -0.2) is 41.2 Å². The summed E-state index contributed by atoms with van der Waals surface area (Å²) in [6.45, 7) is 0. The molecule has 1 fully saturated rings. The summed E-state index contributed by atoms with van der Waals surface area (Å²) in [5, 5.41) is 14.9. The molecule has 6 heteroatoms. The van der Waals surface area contributed by atoms with Crippen molar-refractivity contribution >= 4 is 22.8 Å². The van der Waals surface area contributed by atoms with Crippen LogP contribution >= 0.6 is 0 Å². The predicted octanol–water partition coefficient (Wildman–Crippen LogP) is 5.09. The number of benzene rings is 2. The zero-order valence-electron chi connectivity index (χ0n) is 20.9. The molecule has 2 N–H and O–H groups in total. The van der Waals surface area contributed by atoms with Crippen LogP contribution in [0.5, 0.6) is 0 Å². The number of hydrogen-bond donors (Lipinski definition) is 2. The third kappa shape index (κ3) is 6.91. The molecule has 0 saturated heterocycles. The summed E-state index contributed by atoms with van der Waals surface area (Å²) in [6.07, 6.45) is 6.90. The highest BCUT2D eigenvalue weighted by Gasteiger charge is 2.32. The van der Waals surface area contributed by atoms with Gasteiger partial charge in [0.2, 0.25) is 5.91 Å². The molecule has 0 unspecified atom stereocenters. The van der Waals surface area contributed by atoms with E-state index in [1.54, 1.807) is 13.1 Å². The monoisotopic (exact) mass is 488 g/mol. The van der Waals surface area contributed by atoms with Gasteiger partial charge in [0, 0.05) is 24.5 Å². The van der Waals surface area contributed by atoms with E-state index in [1.165, 1.54) is 12.6 Å². The average molecular weight is 489 g/mol. The first-order valence-electron chi connectivity index (χ1n) is 13.0. The van der Waals surface area contributed by atoms with Crippen molar-refractivity contribution in [3.63, 3.8) is 0 Å². The summed E-state index contributed by atoms with van der Waals surface area (Å²) >= 11 is 0. The second kappa shape index (κ2) is 12.6. The molecule has 1 saturated carbocycles. The lowest BCUT2D eigenvalue weighted by Crippen LogP contribution is -2.39. The molecule has 36 heavy (non-hydrogen) atoms. The van der Waals surface area contributed by atoms with Crippen LogP contribution in [0.4, 0.5) is 0 Å². The zero-order valence-corrected chi connectivity index (χ0v) is 20.9. The first-order chi connectivity index (χ1) is 17.5. The lowest BCUT2D eigenvalue weighted by Gasteiger charge is -2.30. The van der Waals surface area contributed by atoms with Crippen LogP contribution in [0.3, 0.4) is 0 Å². The topological polar surface area (TPSA) is 88.5 Å². The van der Waals surface area contributed by atoms with Gasteiger partial charge in [-0.2, -0.15) is 0 Å². The van der Waals surface area contributed by atoms with E-state index in [2.05, 4.69) is 10.3 Å². The van der Waals surface area contributed by atoms with Crippen LogP contribution < -0.4 is 5.32 Å². The van der Waals surface area contributed by atoms with Crippen molar-refractivity contribution in [3.05, 3.63) is 78.0 Å². The van der Waals surface area contributed by atoms with Crippen molar-refractivity contribution in [3.8, 4) is 0 Å². The van der Waals surface area contributed by atoms with Gasteiger partial charge in [-0.25, -0.2) is 4.79 Å². The molecule has 3 atom stereocenters. The molecule has 0 aliphatic heterocycles. The normalized spacial score (nSPS) is 16.7. The van der Waals surface area contributed by atoms with E-state index in [1.807, 2.05) is 54.6 Å². The number of aromatic nitrogens is 1. The van der Waals surface area contributed by atoms with Crippen molar-refractivity contribution in [1.82, 2.24) is 10.3 Å². The van der Waals surface area contributed by atoms with Gasteiger partial charge in [0.15, 0.2) is 0 Å². The predicted molar refractivity (Wildman–Crippen MR) is 140 cm³/mol. The van der Waals surface area contributed by atoms with Gasteiger partial charge in [0.1, 0.15) is 6.10 Å². The Bertz CT molecular complexity index is 1140. The van der Waals surface area contributed by atoms with E-state index in [0.717, 1.165) is 42.1 Å². The summed E-state index contributed by atoms with van der Waals surface area (Å²) < 4.78 is 5.95. The van der Waals surface area contributed by atoms with Gasteiger partial charge >= 0.3 is 5.97 Å². The van der Waals surface area contributed by atoms with Crippen molar-refractivity contribution in [2.45, 2.75) is 63.6 Å². The summed E-state index contributed by atoms with van der Waals surface area (Å²) in [5.74, 6) is -0.650. The Kier molecular flexibility index (Phi) is 9.06. The Morgan fingerprint density at radius 1 is 1.06 bits per heavy atom. The van der Waals surface area contributed by atoms with E-state index in [-0.39, 0.29) is 12.3 Å². The van der Waals surface area contributed by atoms with Crippen LogP contribution in [0.1, 0.15) is 60.9 Å². The molecule has 0 spiro atoms. The Balaban J connectivity index is 1.51. The number of aliphatic hydroxyl groups excluding tert-OH is 1. The highest BCUT2D eigenvalue weighted by atomic mass is 16.6. The maximum Gasteiger partial charge on any atom is 0.340 e. The number of aliphatic hydroxyl groups is 1. The van der Waals surface area contributed by atoms with E-state index < -0.39 is 24.1 Å². The molecule has 1 aliphatic rings. The third-order valence-electron chi connectivity index (χ3n) is 7.27. The zero-order chi connectivity index (χ0) is 25.3. The number of amides is 1. The smallest absolute Gasteiger partial charge is 0.340 e. The van der Waals surface area contributed by atoms with Crippen LogP contribution in [0.25, 0.3) is 10.9 Å². The fourth-order valence-electron chi connectivity index (χ4n) is 5.25. The van der Waals surface area contributed by atoms with E-state index >= 15 is 0 Å². The fourth-order valence-corrected chi connectivity index (χ4v) is 5.25. The summed E-state index contributed by atoms with van der Waals surface area (Å²) in [4.78, 5) is 30.2. The number of esters is 1. The highest BCUT2D eigenvalue weighted by Crippen LogP contribution is 2.31. The first-order valence-corrected chi connectivity index (χ1v) is 13.0. The second-order valence-electron chi connectivity index (χ2n) is 9.90. The molecule has 1 aliphatic carbocycles. The number of carbonyl (C=O) groups excluding carboxylic acids is 2. The van der Waals surface area contributed by atoms with E-state index in [4.69, 9.17) is 4.74 Å². The largest absolute Gasteiger partial charge is 0.456 e. The number of ether oxygens (including phenoxy) is 1. The van der Waals surface area contributed by atoms with Crippen molar-refractivity contribution in [1.29, 1.82) is 0 Å². The minimum absolute atomic E-state index is 0.126. The van der Waals surface area contributed by atoms with Gasteiger partial charge in [0.05, 0.1) is 17.2 Å². The molecule has 0 bridgehead atoms. The Morgan fingerprint density at radius 2 is 1.78 bits per heavy atom. The minimum atomic E-state index is -0.949. The second-order valence-corrected chi connectivity index (χ2v) is 9.90. The lowest BCUT2D eigenvalue weighted by molar-refractivity contribution is -0.126. The first kappa shape index (κ1) is 25.8. The maximum atomic E-state index is 13.2. The van der Waals surface area contributed by atoms with E-state index in [0.29, 0.717) is 24.3 Å². The van der Waals surface area contributed by atoms with Gasteiger partial charge in [-0.05, 0) is 42.9 Å². The van der Waals surface area contributed by atoms with Gasteiger partial charge in [0.25, 0.3) is 0 Å². The lowest BCUT2D eigenvalue weighted by atomic mass is 9.82. The van der Waals surface area contributed by atoms with Gasteiger partial charge in [-0.15, -0.1) is 0 Å². The minimum Gasteiger partial charge on any atom is -0.456 e. The molecule has 1 heterocycles. The SMILES string of the molecule is CNC(=O)[C@H](Cc1ccccc1)C[C@H](O)[C@H](CC1CCCCC1)OC(=O)c1cnc2ccccc2c1.